The fraction of sp³-hybridized carbons (Fsp3) is 0.167. The zero-order valence-corrected chi connectivity index (χ0v) is 4.20. The fourth-order valence-electron chi connectivity index (χ4n) is 0.397. The molecule has 1 aromatic heterocycles. The highest BCUT2D eigenvalue weighted by Crippen LogP contribution is 2.05. The number of aromatic hydroxyl groups is 1. The van der Waals surface area contributed by atoms with Gasteiger partial charge in [-0.1, -0.05) is 7.43 Å². The maximum Gasteiger partial charge on any atom is 0.134 e. The predicted octanol–water partition coefficient (Wildman–Crippen LogP) is 1.01. The molecule has 1 rings (SSSR count). The normalized spacial score (nSPS) is 8.00. The van der Waals surface area contributed by atoms with Crippen LogP contribution < -0.4 is 5.73 Å². The maximum atomic E-state index is 8.64. The number of hydrogen-bond acceptors (Lipinski definition) is 3. The molecular formula is C6H10N2O. The number of nitrogen functional groups attached to an aromatic ring is 1. The Morgan fingerprint density at radius 1 is 1.44 bits per heavy atom. The molecule has 0 saturated heterocycles. The molecule has 0 amide bonds. The van der Waals surface area contributed by atoms with E-state index in [1.807, 2.05) is 0 Å². The van der Waals surface area contributed by atoms with Gasteiger partial charge in [-0.25, -0.2) is 4.98 Å². The number of anilines is 1. The Morgan fingerprint density at radius 2 is 2.11 bits per heavy atom. The largest absolute Gasteiger partial charge is 0.506 e. The van der Waals surface area contributed by atoms with Crippen molar-refractivity contribution in [3.8, 4) is 5.75 Å². The highest BCUT2D eigenvalue weighted by atomic mass is 16.3. The summed E-state index contributed by atoms with van der Waals surface area (Å²) in [6.07, 6.45) is 1.30. The first kappa shape index (κ1) is 7.75. The zero-order chi connectivity index (χ0) is 5.98. The van der Waals surface area contributed by atoms with Gasteiger partial charge in [-0.2, -0.15) is 0 Å². The van der Waals surface area contributed by atoms with Gasteiger partial charge in [0.05, 0.1) is 6.20 Å². The Hall–Kier alpha value is -1.25. The Morgan fingerprint density at radius 3 is 2.44 bits per heavy atom. The van der Waals surface area contributed by atoms with Crippen LogP contribution in [-0.4, -0.2) is 10.1 Å². The molecule has 0 aliphatic rings. The van der Waals surface area contributed by atoms with Gasteiger partial charge in [0.2, 0.25) is 0 Å². The summed E-state index contributed by atoms with van der Waals surface area (Å²) in [5.74, 6) is 0.557. The molecule has 3 N–H and O–H groups in total. The summed E-state index contributed by atoms with van der Waals surface area (Å²) < 4.78 is 0. The molecular weight excluding hydrogens is 116 g/mol. The summed E-state index contributed by atoms with van der Waals surface area (Å²) >= 11 is 0. The topological polar surface area (TPSA) is 59.1 Å². The van der Waals surface area contributed by atoms with Crippen molar-refractivity contribution in [2.45, 2.75) is 7.43 Å². The maximum absolute atomic E-state index is 8.64. The second-order valence-corrected chi connectivity index (χ2v) is 1.44. The van der Waals surface area contributed by atoms with Crippen LogP contribution in [0.15, 0.2) is 18.3 Å². The predicted molar refractivity (Wildman–Crippen MR) is 37.0 cm³/mol. The van der Waals surface area contributed by atoms with E-state index in [0.717, 1.165) is 0 Å². The number of nitrogens with zero attached hydrogens (tertiary/aromatic N) is 1. The van der Waals surface area contributed by atoms with Gasteiger partial charge in [0, 0.05) is 0 Å². The highest BCUT2D eigenvalue weighted by Gasteiger charge is 1.83. The van der Waals surface area contributed by atoms with Crippen molar-refractivity contribution in [3.05, 3.63) is 18.3 Å². The minimum absolute atomic E-state index is 0. The number of pyridine rings is 1. The molecule has 0 fully saturated rings. The van der Waals surface area contributed by atoms with Gasteiger partial charge < -0.3 is 10.8 Å². The van der Waals surface area contributed by atoms with E-state index in [4.69, 9.17) is 10.8 Å². The first-order chi connectivity index (χ1) is 3.79. The van der Waals surface area contributed by atoms with Crippen molar-refractivity contribution < 1.29 is 5.11 Å². The molecule has 0 spiro atoms. The minimum Gasteiger partial charge on any atom is -0.506 e. The Balaban J connectivity index is 0.000000640. The smallest absolute Gasteiger partial charge is 0.134 e. The number of hydrogen-bond donors (Lipinski definition) is 2. The van der Waals surface area contributed by atoms with E-state index in [9.17, 15) is 0 Å². The first-order valence-corrected chi connectivity index (χ1v) is 2.19. The summed E-state index contributed by atoms with van der Waals surface area (Å²) in [4.78, 5) is 3.61. The van der Waals surface area contributed by atoms with Crippen LogP contribution >= 0.6 is 0 Å². The van der Waals surface area contributed by atoms with Crippen LogP contribution in [0.2, 0.25) is 0 Å². The Bertz CT molecular complexity index is 150. The van der Waals surface area contributed by atoms with Crippen molar-refractivity contribution in [1.82, 2.24) is 4.98 Å². The third kappa shape index (κ3) is 1.99. The van der Waals surface area contributed by atoms with Gasteiger partial charge in [-0.15, -0.1) is 0 Å². The lowest BCUT2D eigenvalue weighted by Gasteiger charge is -1.88. The van der Waals surface area contributed by atoms with Crippen LogP contribution in [-0.2, 0) is 0 Å². The standard InChI is InChI=1S/C5H6N2O.CH4/c6-5-2-1-4(8)3-7-5;/h1-3,8H,(H2,6,7);1H4. The molecule has 9 heavy (non-hydrogen) atoms. The molecule has 0 unspecified atom stereocenters. The second kappa shape index (κ2) is 2.91. The minimum atomic E-state index is 0. The molecule has 0 aliphatic heterocycles. The van der Waals surface area contributed by atoms with Crippen LogP contribution in [0, 0.1) is 0 Å². The molecule has 0 radical (unpaired) electrons. The van der Waals surface area contributed by atoms with Crippen molar-refractivity contribution >= 4 is 5.82 Å². The lowest BCUT2D eigenvalue weighted by molar-refractivity contribution is 0.473. The number of nitrogens with two attached hydrogens (primary N) is 1. The molecule has 0 bridgehead atoms. The van der Waals surface area contributed by atoms with Crippen LogP contribution in [0.3, 0.4) is 0 Å². The van der Waals surface area contributed by atoms with Crippen LogP contribution in [0.4, 0.5) is 5.82 Å². The van der Waals surface area contributed by atoms with E-state index in [2.05, 4.69) is 4.98 Å². The zero-order valence-electron chi connectivity index (χ0n) is 4.20. The average molecular weight is 126 g/mol. The van der Waals surface area contributed by atoms with Crippen LogP contribution in [0.1, 0.15) is 7.43 Å². The average Bonchev–Trinajstić information content (AvgIpc) is 1.77. The fourth-order valence-corrected chi connectivity index (χ4v) is 0.397. The lowest BCUT2D eigenvalue weighted by atomic mass is 10.4. The molecule has 3 nitrogen and oxygen atoms in total. The monoisotopic (exact) mass is 126 g/mol. The van der Waals surface area contributed by atoms with Crippen LogP contribution in [0.25, 0.3) is 0 Å². The van der Waals surface area contributed by atoms with Gasteiger partial charge in [-0.05, 0) is 12.1 Å². The molecule has 0 atom stereocenters. The van der Waals surface area contributed by atoms with E-state index in [1.165, 1.54) is 18.3 Å². The van der Waals surface area contributed by atoms with E-state index >= 15 is 0 Å². The van der Waals surface area contributed by atoms with Crippen molar-refractivity contribution in [3.63, 3.8) is 0 Å². The molecule has 0 aliphatic carbocycles. The van der Waals surface area contributed by atoms with Crippen molar-refractivity contribution in [2.24, 2.45) is 0 Å². The summed E-state index contributed by atoms with van der Waals surface area (Å²) in [7, 11) is 0. The van der Waals surface area contributed by atoms with Gasteiger partial charge in [0.1, 0.15) is 11.6 Å². The molecule has 1 aromatic rings. The molecule has 1 heterocycles. The number of rotatable bonds is 0. The van der Waals surface area contributed by atoms with Gasteiger partial charge in [0.15, 0.2) is 0 Å². The quantitative estimate of drug-likeness (QED) is 0.545. The number of aromatic nitrogens is 1. The highest BCUT2D eigenvalue weighted by molar-refractivity contribution is 5.31. The van der Waals surface area contributed by atoms with E-state index < -0.39 is 0 Å². The Kier molecular flexibility index (Phi) is 2.51. The summed E-state index contributed by atoms with van der Waals surface area (Å²) in [6, 6.07) is 3.03. The SMILES string of the molecule is C.Nc1ccc(O)cn1. The summed E-state index contributed by atoms with van der Waals surface area (Å²) in [5.41, 5.74) is 5.20. The molecule has 3 heteroatoms. The third-order valence-electron chi connectivity index (χ3n) is 0.771. The van der Waals surface area contributed by atoms with Gasteiger partial charge in [-0.3, -0.25) is 0 Å². The van der Waals surface area contributed by atoms with Crippen LogP contribution in [0.5, 0.6) is 5.75 Å². The third-order valence-corrected chi connectivity index (χ3v) is 0.771. The van der Waals surface area contributed by atoms with Crippen molar-refractivity contribution in [2.75, 3.05) is 5.73 Å². The lowest BCUT2D eigenvalue weighted by Crippen LogP contribution is -1.85. The first-order valence-electron chi connectivity index (χ1n) is 2.19. The van der Waals surface area contributed by atoms with Gasteiger partial charge in [0.25, 0.3) is 0 Å². The summed E-state index contributed by atoms with van der Waals surface area (Å²) in [6.45, 7) is 0. The summed E-state index contributed by atoms with van der Waals surface area (Å²) in [5, 5.41) is 8.64. The van der Waals surface area contributed by atoms with E-state index in [0.29, 0.717) is 5.82 Å². The van der Waals surface area contributed by atoms with Gasteiger partial charge >= 0.3 is 0 Å². The van der Waals surface area contributed by atoms with E-state index in [1.54, 1.807) is 0 Å². The second-order valence-electron chi connectivity index (χ2n) is 1.44. The molecule has 0 saturated carbocycles. The Labute approximate surface area is 54.2 Å². The molecule has 50 valence electrons. The van der Waals surface area contributed by atoms with E-state index in [-0.39, 0.29) is 13.2 Å². The van der Waals surface area contributed by atoms with Crippen molar-refractivity contribution in [1.29, 1.82) is 0 Å². The molecule has 0 aromatic carbocycles.